The molecule has 2 heteroatoms. The summed E-state index contributed by atoms with van der Waals surface area (Å²) in [6, 6.07) is 4.44. The Morgan fingerprint density at radius 2 is 2.06 bits per heavy atom. The van der Waals surface area contributed by atoms with Crippen molar-refractivity contribution in [2.75, 3.05) is 0 Å². The highest BCUT2D eigenvalue weighted by Crippen LogP contribution is 2.33. The first kappa shape index (κ1) is 11.3. The minimum Gasteiger partial charge on any atom is -0.338 e. The Kier molecular flexibility index (Phi) is 2.58. The van der Waals surface area contributed by atoms with Gasteiger partial charge in [0, 0.05) is 5.56 Å². The van der Waals surface area contributed by atoms with Crippen molar-refractivity contribution < 1.29 is 0 Å². The van der Waals surface area contributed by atoms with E-state index in [9.17, 15) is 0 Å². The first-order chi connectivity index (χ1) is 8.66. The molecule has 0 aliphatic heterocycles. The summed E-state index contributed by atoms with van der Waals surface area (Å²) in [6.45, 7) is 8.11. The molecule has 1 aliphatic rings. The van der Waals surface area contributed by atoms with Gasteiger partial charge in [-0.05, 0) is 55.4 Å². The minimum absolute atomic E-state index is 0.886. The van der Waals surface area contributed by atoms with Crippen molar-refractivity contribution in [2.24, 2.45) is 0 Å². The third-order valence-electron chi connectivity index (χ3n) is 3.79. The van der Waals surface area contributed by atoms with Gasteiger partial charge in [0.2, 0.25) is 0 Å². The number of hydrogen-bond acceptors (Lipinski definition) is 1. The lowest BCUT2D eigenvalue weighted by Crippen LogP contribution is -1.92. The number of benzene rings is 1. The lowest BCUT2D eigenvalue weighted by Gasteiger charge is -2.09. The summed E-state index contributed by atoms with van der Waals surface area (Å²) in [6.07, 6.45) is 5.60. The average molecular weight is 238 g/mol. The van der Waals surface area contributed by atoms with Crippen LogP contribution in [0.25, 0.3) is 16.8 Å². The molecule has 1 heterocycles. The standard InChI is InChI=1S/C16H18N2/c1-10(2)16-17-9-15(18-16)14-8-7-11(3)12-5-4-6-13(12)14/h7-9H,1,4-6H2,2-3H3,(H,17,18). The van der Waals surface area contributed by atoms with Crippen LogP contribution in [0.5, 0.6) is 0 Å². The van der Waals surface area contributed by atoms with Gasteiger partial charge in [0.15, 0.2) is 0 Å². The second-order valence-corrected chi connectivity index (χ2v) is 5.17. The highest BCUT2D eigenvalue weighted by Gasteiger charge is 2.18. The molecule has 0 unspecified atom stereocenters. The van der Waals surface area contributed by atoms with Crippen molar-refractivity contribution in [3.63, 3.8) is 0 Å². The zero-order valence-corrected chi connectivity index (χ0v) is 11.0. The molecule has 2 nitrogen and oxygen atoms in total. The number of H-pyrrole nitrogens is 1. The van der Waals surface area contributed by atoms with Crippen LogP contribution in [-0.4, -0.2) is 9.97 Å². The number of rotatable bonds is 2. The van der Waals surface area contributed by atoms with E-state index < -0.39 is 0 Å². The van der Waals surface area contributed by atoms with Crippen molar-refractivity contribution in [3.8, 4) is 11.3 Å². The van der Waals surface area contributed by atoms with E-state index in [1.807, 2.05) is 13.1 Å². The Balaban J connectivity index is 2.12. The van der Waals surface area contributed by atoms with E-state index in [0.717, 1.165) is 17.1 Å². The number of allylic oxidation sites excluding steroid dienone is 1. The van der Waals surface area contributed by atoms with Crippen molar-refractivity contribution in [1.82, 2.24) is 9.97 Å². The molecule has 0 fully saturated rings. The zero-order chi connectivity index (χ0) is 12.7. The molecule has 0 bridgehead atoms. The maximum Gasteiger partial charge on any atom is 0.132 e. The van der Waals surface area contributed by atoms with Gasteiger partial charge in [-0.25, -0.2) is 4.98 Å². The fraction of sp³-hybridized carbons (Fsp3) is 0.312. The summed E-state index contributed by atoms with van der Waals surface area (Å²) in [5.74, 6) is 0.886. The molecule has 92 valence electrons. The van der Waals surface area contributed by atoms with E-state index in [2.05, 4.69) is 35.6 Å². The molecular formula is C16H18N2. The number of fused-ring (bicyclic) bond motifs is 1. The topological polar surface area (TPSA) is 28.7 Å². The van der Waals surface area contributed by atoms with Gasteiger partial charge in [-0.3, -0.25) is 0 Å². The molecular weight excluding hydrogens is 220 g/mol. The Bertz CT molecular complexity index is 620. The zero-order valence-electron chi connectivity index (χ0n) is 11.0. The van der Waals surface area contributed by atoms with Crippen molar-refractivity contribution >= 4 is 5.57 Å². The van der Waals surface area contributed by atoms with Gasteiger partial charge in [-0.1, -0.05) is 18.7 Å². The first-order valence-electron chi connectivity index (χ1n) is 6.49. The number of imidazole rings is 1. The number of aromatic amines is 1. The third kappa shape index (κ3) is 1.69. The van der Waals surface area contributed by atoms with E-state index in [0.29, 0.717) is 0 Å². The van der Waals surface area contributed by atoms with Crippen LogP contribution in [0.2, 0.25) is 0 Å². The normalized spacial score (nSPS) is 13.7. The maximum atomic E-state index is 4.38. The monoisotopic (exact) mass is 238 g/mol. The van der Waals surface area contributed by atoms with Crippen LogP contribution in [0.4, 0.5) is 0 Å². The molecule has 0 saturated carbocycles. The Morgan fingerprint density at radius 1 is 1.28 bits per heavy atom. The van der Waals surface area contributed by atoms with E-state index in [4.69, 9.17) is 0 Å². The van der Waals surface area contributed by atoms with Gasteiger partial charge >= 0.3 is 0 Å². The summed E-state index contributed by atoms with van der Waals surface area (Å²) < 4.78 is 0. The summed E-state index contributed by atoms with van der Waals surface area (Å²) in [5.41, 5.74) is 7.88. The van der Waals surface area contributed by atoms with Gasteiger partial charge in [0.05, 0.1) is 11.9 Å². The van der Waals surface area contributed by atoms with Crippen LogP contribution in [0.1, 0.15) is 35.9 Å². The number of aromatic nitrogens is 2. The molecule has 3 rings (SSSR count). The number of hydrogen-bond donors (Lipinski definition) is 1. The fourth-order valence-corrected chi connectivity index (χ4v) is 2.81. The second kappa shape index (κ2) is 4.13. The van der Waals surface area contributed by atoms with Crippen LogP contribution in [0.15, 0.2) is 24.9 Å². The molecule has 0 radical (unpaired) electrons. The van der Waals surface area contributed by atoms with Crippen LogP contribution in [0, 0.1) is 6.92 Å². The lowest BCUT2D eigenvalue weighted by molar-refractivity contribution is 0.909. The van der Waals surface area contributed by atoms with Gasteiger partial charge in [0.25, 0.3) is 0 Å². The number of nitrogens with zero attached hydrogens (tertiary/aromatic N) is 1. The molecule has 2 aromatic rings. The molecule has 1 aromatic heterocycles. The van der Waals surface area contributed by atoms with E-state index >= 15 is 0 Å². The van der Waals surface area contributed by atoms with Crippen LogP contribution < -0.4 is 0 Å². The molecule has 0 amide bonds. The molecule has 1 aromatic carbocycles. The molecule has 1 aliphatic carbocycles. The first-order valence-corrected chi connectivity index (χ1v) is 6.49. The van der Waals surface area contributed by atoms with Gasteiger partial charge < -0.3 is 4.98 Å². The van der Waals surface area contributed by atoms with Crippen LogP contribution >= 0.6 is 0 Å². The minimum atomic E-state index is 0.886. The molecule has 0 saturated heterocycles. The van der Waals surface area contributed by atoms with Gasteiger partial charge in [-0.15, -0.1) is 0 Å². The Hall–Kier alpha value is -1.83. The molecule has 18 heavy (non-hydrogen) atoms. The quantitative estimate of drug-likeness (QED) is 0.844. The highest BCUT2D eigenvalue weighted by molar-refractivity contribution is 5.69. The Labute approximate surface area is 108 Å². The van der Waals surface area contributed by atoms with Crippen LogP contribution in [-0.2, 0) is 12.8 Å². The summed E-state index contributed by atoms with van der Waals surface area (Å²) in [5, 5.41) is 0. The SMILES string of the molecule is C=C(C)c1ncc(-c2ccc(C)c3c2CCC3)[nH]1. The molecule has 0 atom stereocenters. The predicted molar refractivity (Wildman–Crippen MR) is 75.5 cm³/mol. The van der Waals surface area contributed by atoms with E-state index in [1.54, 1.807) is 5.56 Å². The average Bonchev–Trinajstić information content (AvgIpc) is 2.98. The van der Waals surface area contributed by atoms with Gasteiger partial charge in [-0.2, -0.15) is 0 Å². The smallest absolute Gasteiger partial charge is 0.132 e. The van der Waals surface area contributed by atoms with Crippen molar-refractivity contribution in [2.45, 2.75) is 33.1 Å². The maximum absolute atomic E-state index is 4.38. The number of aryl methyl sites for hydroxylation is 1. The van der Waals surface area contributed by atoms with Gasteiger partial charge in [0.1, 0.15) is 5.82 Å². The highest BCUT2D eigenvalue weighted by atomic mass is 14.9. The van der Waals surface area contributed by atoms with Crippen LogP contribution in [0.3, 0.4) is 0 Å². The second-order valence-electron chi connectivity index (χ2n) is 5.17. The van der Waals surface area contributed by atoms with E-state index in [1.165, 1.54) is 36.0 Å². The number of nitrogens with one attached hydrogen (secondary N) is 1. The third-order valence-corrected chi connectivity index (χ3v) is 3.79. The summed E-state index contributed by atoms with van der Waals surface area (Å²) in [4.78, 5) is 7.75. The van der Waals surface area contributed by atoms with Crippen molar-refractivity contribution in [3.05, 3.63) is 47.4 Å². The Morgan fingerprint density at radius 3 is 2.78 bits per heavy atom. The summed E-state index contributed by atoms with van der Waals surface area (Å²) >= 11 is 0. The fourth-order valence-electron chi connectivity index (χ4n) is 2.81. The predicted octanol–water partition coefficient (Wildman–Crippen LogP) is 3.91. The summed E-state index contributed by atoms with van der Waals surface area (Å²) in [7, 11) is 0. The largest absolute Gasteiger partial charge is 0.338 e. The molecule has 0 spiro atoms. The van der Waals surface area contributed by atoms with E-state index in [-0.39, 0.29) is 0 Å². The lowest BCUT2D eigenvalue weighted by atomic mass is 9.97. The molecule has 1 N–H and O–H groups in total. The van der Waals surface area contributed by atoms with Crippen molar-refractivity contribution in [1.29, 1.82) is 0 Å².